The number of hydrogen-bond acceptors (Lipinski definition) is 3. The van der Waals surface area contributed by atoms with Gasteiger partial charge in [0.25, 0.3) is 0 Å². The summed E-state index contributed by atoms with van der Waals surface area (Å²) < 4.78 is 0. The molecule has 0 aromatic carbocycles. The van der Waals surface area contributed by atoms with E-state index in [0.717, 1.165) is 11.2 Å². The van der Waals surface area contributed by atoms with Crippen LogP contribution in [0.4, 0.5) is 0 Å². The fourth-order valence-electron chi connectivity index (χ4n) is 1.08. The van der Waals surface area contributed by atoms with Crippen LogP contribution < -0.4 is 0 Å². The molecule has 1 heterocycles. The summed E-state index contributed by atoms with van der Waals surface area (Å²) >= 11 is 4.56. The third-order valence-electron chi connectivity index (χ3n) is 1.71. The minimum atomic E-state index is 0.631. The molecule has 0 nitrogen and oxygen atoms in total. The van der Waals surface area contributed by atoms with Crippen molar-refractivity contribution in [3.63, 3.8) is 0 Å². The highest BCUT2D eigenvalue weighted by Crippen LogP contribution is 2.41. The molecule has 0 bridgehead atoms. The molecule has 10 heavy (non-hydrogen) atoms. The standard InChI is InChI=1S/C7H14S3/c1-5(2)7-6(8)3-4-9-10-7/h5-8H,3-4H2,1-2H3. The number of rotatable bonds is 1. The van der Waals surface area contributed by atoms with Gasteiger partial charge in [0.05, 0.1) is 0 Å². The topological polar surface area (TPSA) is 0 Å². The first-order valence-corrected chi connectivity index (χ1v) is 6.58. The van der Waals surface area contributed by atoms with E-state index in [1.165, 1.54) is 12.2 Å². The second-order valence-corrected chi connectivity index (χ2v) is 6.31. The lowest BCUT2D eigenvalue weighted by Gasteiger charge is -2.29. The first kappa shape index (κ1) is 9.14. The van der Waals surface area contributed by atoms with Crippen molar-refractivity contribution in [1.29, 1.82) is 0 Å². The molecule has 1 saturated heterocycles. The van der Waals surface area contributed by atoms with E-state index in [1.54, 1.807) is 0 Å². The minimum absolute atomic E-state index is 0.631. The Morgan fingerprint density at radius 3 is 2.60 bits per heavy atom. The maximum absolute atomic E-state index is 4.56. The summed E-state index contributed by atoms with van der Waals surface area (Å²) in [6.45, 7) is 4.57. The van der Waals surface area contributed by atoms with E-state index in [-0.39, 0.29) is 0 Å². The van der Waals surface area contributed by atoms with Gasteiger partial charge < -0.3 is 0 Å². The molecule has 1 rings (SSSR count). The van der Waals surface area contributed by atoms with E-state index in [1.807, 2.05) is 21.6 Å². The fraction of sp³-hybridized carbons (Fsp3) is 1.00. The van der Waals surface area contributed by atoms with E-state index >= 15 is 0 Å². The van der Waals surface area contributed by atoms with Gasteiger partial charge >= 0.3 is 0 Å². The molecule has 1 fully saturated rings. The number of thiol groups is 1. The quantitative estimate of drug-likeness (QED) is 0.503. The van der Waals surface area contributed by atoms with Crippen molar-refractivity contribution in [2.75, 3.05) is 5.75 Å². The molecule has 3 heteroatoms. The third kappa shape index (κ3) is 2.28. The second-order valence-electron chi connectivity index (χ2n) is 2.98. The van der Waals surface area contributed by atoms with Gasteiger partial charge in [0.15, 0.2) is 0 Å². The zero-order chi connectivity index (χ0) is 7.56. The van der Waals surface area contributed by atoms with E-state index < -0.39 is 0 Å². The van der Waals surface area contributed by atoms with Gasteiger partial charge in [-0.05, 0) is 12.3 Å². The van der Waals surface area contributed by atoms with Crippen molar-refractivity contribution >= 4 is 34.2 Å². The molecule has 60 valence electrons. The predicted molar refractivity (Wildman–Crippen MR) is 56.1 cm³/mol. The Labute approximate surface area is 76.7 Å². The Morgan fingerprint density at radius 2 is 2.20 bits per heavy atom. The zero-order valence-corrected chi connectivity index (χ0v) is 8.94. The zero-order valence-electron chi connectivity index (χ0n) is 6.41. The molecule has 0 radical (unpaired) electrons. The van der Waals surface area contributed by atoms with Gasteiger partial charge in [0.2, 0.25) is 0 Å². The van der Waals surface area contributed by atoms with Crippen LogP contribution in [0.25, 0.3) is 0 Å². The summed E-state index contributed by atoms with van der Waals surface area (Å²) in [5.74, 6) is 2.06. The van der Waals surface area contributed by atoms with Crippen LogP contribution in [0.5, 0.6) is 0 Å². The molecule has 0 saturated carbocycles. The van der Waals surface area contributed by atoms with Crippen LogP contribution in [-0.4, -0.2) is 16.3 Å². The molecule has 0 amide bonds. The van der Waals surface area contributed by atoms with Gasteiger partial charge in [-0.2, -0.15) is 12.6 Å². The van der Waals surface area contributed by atoms with Crippen LogP contribution >= 0.6 is 34.2 Å². The van der Waals surface area contributed by atoms with Crippen LogP contribution in [0.1, 0.15) is 20.3 Å². The molecule has 1 aliphatic heterocycles. The first-order chi connectivity index (χ1) is 4.72. The summed E-state index contributed by atoms with van der Waals surface area (Å²) in [5, 5.41) is 1.40. The molecule has 0 aromatic heterocycles. The van der Waals surface area contributed by atoms with Crippen molar-refractivity contribution in [3.8, 4) is 0 Å². The summed E-state index contributed by atoms with van der Waals surface area (Å²) in [6.07, 6.45) is 1.28. The lowest BCUT2D eigenvalue weighted by Crippen LogP contribution is -2.26. The molecule has 2 unspecified atom stereocenters. The van der Waals surface area contributed by atoms with Crippen molar-refractivity contribution in [1.82, 2.24) is 0 Å². The van der Waals surface area contributed by atoms with Crippen LogP contribution in [0.15, 0.2) is 0 Å². The Balaban J connectivity index is 2.40. The predicted octanol–water partition coefficient (Wildman–Crippen LogP) is 3.09. The lowest BCUT2D eigenvalue weighted by atomic mass is 10.1. The fourth-order valence-corrected chi connectivity index (χ4v) is 5.36. The van der Waals surface area contributed by atoms with Gasteiger partial charge in [0, 0.05) is 16.3 Å². The third-order valence-corrected chi connectivity index (χ3v) is 5.70. The SMILES string of the molecule is CC(C)C1SSCCC1S. The van der Waals surface area contributed by atoms with Crippen LogP contribution in [0.2, 0.25) is 0 Å². The van der Waals surface area contributed by atoms with Gasteiger partial charge in [-0.25, -0.2) is 0 Å². The number of hydrogen-bond donors (Lipinski definition) is 1. The molecular formula is C7H14S3. The van der Waals surface area contributed by atoms with Crippen molar-refractivity contribution < 1.29 is 0 Å². The molecule has 0 aliphatic carbocycles. The van der Waals surface area contributed by atoms with Gasteiger partial charge in [-0.15, -0.1) is 0 Å². The first-order valence-electron chi connectivity index (χ1n) is 3.68. The molecule has 2 atom stereocenters. The Kier molecular flexibility index (Phi) is 3.81. The van der Waals surface area contributed by atoms with Gasteiger partial charge in [-0.1, -0.05) is 35.4 Å². The summed E-state index contributed by atoms with van der Waals surface area (Å²) in [7, 11) is 4.02. The Morgan fingerprint density at radius 1 is 1.50 bits per heavy atom. The van der Waals surface area contributed by atoms with Crippen molar-refractivity contribution in [2.45, 2.75) is 30.8 Å². The van der Waals surface area contributed by atoms with Crippen molar-refractivity contribution in [3.05, 3.63) is 0 Å². The lowest BCUT2D eigenvalue weighted by molar-refractivity contribution is 0.581. The maximum atomic E-state index is 4.56. The smallest absolute Gasteiger partial charge is 0.0291 e. The normalized spacial score (nSPS) is 34.8. The van der Waals surface area contributed by atoms with Crippen LogP contribution in [0, 0.1) is 5.92 Å². The van der Waals surface area contributed by atoms with Gasteiger partial charge in [0.1, 0.15) is 0 Å². The van der Waals surface area contributed by atoms with E-state index in [2.05, 4.69) is 26.5 Å². The van der Waals surface area contributed by atoms with Gasteiger partial charge in [-0.3, -0.25) is 0 Å². The second kappa shape index (κ2) is 4.17. The van der Waals surface area contributed by atoms with E-state index in [4.69, 9.17) is 0 Å². The Bertz CT molecular complexity index is 103. The summed E-state index contributed by atoms with van der Waals surface area (Å²) in [6, 6.07) is 0. The molecule has 1 aliphatic rings. The van der Waals surface area contributed by atoms with Crippen LogP contribution in [-0.2, 0) is 0 Å². The summed E-state index contributed by atoms with van der Waals surface area (Å²) in [5.41, 5.74) is 0. The molecule has 0 N–H and O–H groups in total. The largest absolute Gasteiger partial charge is 0.175 e. The highest BCUT2D eigenvalue weighted by Gasteiger charge is 2.25. The minimum Gasteiger partial charge on any atom is -0.175 e. The molecular weight excluding hydrogens is 180 g/mol. The highest BCUT2D eigenvalue weighted by molar-refractivity contribution is 8.77. The van der Waals surface area contributed by atoms with Crippen LogP contribution in [0.3, 0.4) is 0 Å². The average molecular weight is 194 g/mol. The highest BCUT2D eigenvalue weighted by atomic mass is 33.1. The summed E-state index contributed by atoms with van der Waals surface area (Å²) in [4.78, 5) is 0. The average Bonchev–Trinajstić information content (AvgIpc) is 1.88. The molecule has 0 spiro atoms. The van der Waals surface area contributed by atoms with E-state index in [0.29, 0.717) is 5.25 Å². The van der Waals surface area contributed by atoms with Crippen molar-refractivity contribution in [2.24, 2.45) is 5.92 Å². The monoisotopic (exact) mass is 194 g/mol. The Hall–Kier alpha value is 1.05. The van der Waals surface area contributed by atoms with E-state index in [9.17, 15) is 0 Å². The maximum Gasteiger partial charge on any atom is 0.0291 e. The molecule has 0 aromatic rings.